The summed E-state index contributed by atoms with van der Waals surface area (Å²) in [5.74, 6) is -0.291. The Hall–Kier alpha value is -1.42. The standard InChI is InChI=1S/C15H21FN2O/c1-2-13(11-5-7-12(16)8-6-11)14(17)15(19)18-9-3-4-10-18/h5-8,13-14H,2-4,9-10,17H2,1H3/t13-,14?/m0/s1. The summed E-state index contributed by atoms with van der Waals surface area (Å²) in [7, 11) is 0. The average molecular weight is 264 g/mol. The Morgan fingerprint density at radius 1 is 1.32 bits per heavy atom. The van der Waals surface area contributed by atoms with Crippen LogP contribution in [-0.2, 0) is 4.79 Å². The highest BCUT2D eigenvalue weighted by atomic mass is 19.1. The van der Waals surface area contributed by atoms with Crippen molar-refractivity contribution < 1.29 is 9.18 Å². The van der Waals surface area contributed by atoms with Gasteiger partial charge in [0.2, 0.25) is 5.91 Å². The molecule has 0 spiro atoms. The summed E-state index contributed by atoms with van der Waals surface area (Å²) in [5.41, 5.74) is 7.07. The largest absolute Gasteiger partial charge is 0.341 e. The molecule has 1 amide bonds. The molecule has 104 valence electrons. The number of rotatable bonds is 4. The lowest BCUT2D eigenvalue weighted by atomic mass is 9.89. The molecule has 1 unspecified atom stereocenters. The van der Waals surface area contributed by atoms with Gasteiger partial charge in [0.15, 0.2) is 0 Å². The fraction of sp³-hybridized carbons (Fsp3) is 0.533. The number of halogens is 1. The van der Waals surface area contributed by atoms with Crippen molar-refractivity contribution >= 4 is 5.91 Å². The van der Waals surface area contributed by atoms with Crippen molar-refractivity contribution in [1.29, 1.82) is 0 Å². The molecule has 19 heavy (non-hydrogen) atoms. The monoisotopic (exact) mass is 264 g/mol. The van der Waals surface area contributed by atoms with E-state index in [1.807, 2.05) is 11.8 Å². The SMILES string of the molecule is CC[C@@H](c1ccc(F)cc1)C(N)C(=O)N1CCCC1. The first-order valence-electron chi connectivity index (χ1n) is 6.93. The molecule has 1 aliphatic rings. The topological polar surface area (TPSA) is 46.3 Å². The summed E-state index contributed by atoms with van der Waals surface area (Å²) in [6, 6.07) is 5.76. The predicted molar refractivity (Wildman–Crippen MR) is 73.2 cm³/mol. The smallest absolute Gasteiger partial charge is 0.240 e. The summed E-state index contributed by atoms with van der Waals surface area (Å²) in [6.45, 7) is 3.63. The summed E-state index contributed by atoms with van der Waals surface area (Å²) < 4.78 is 13.0. The van der Waals surface area contributed by atoms with E-state index in [2.05, 4.69) is 0 Å². The van der Waals surface area contributed by atoms with E-state index in [-0.39, 0.29) is 17.6 Å². The second-order valence-corrected chi connectivity index (χ2v) is 5.12. The molecule has 1 fully saturated rings. The van der Waals surface area contributed by atoms with Crippen LogP contribution >= 0.6 is 0 Å². The number of nitrogens with zero attached hydrogens (tertiary/aromatic N) is 1. The third-order valence-electron chi connectivity index (χ3n) is 3.87. The molecule has 0 radical (unpaired) electrons. The first-order chi connectivity index (χ1) is 9.13. The van der Waals surface area contributed by atoms with Crippen LogP contribution in [0.4, 0.5) is 4.39 Å². The van der Waals surface area contributed by atoms with Gasteiger partial charge in [-0.05, 0) is 37.0 Å². The maximum Gasteiger partial charge on any atom is 0.240 e. The van der Waals surface area contributed by atoms with Crippen LogP contribution in [0, 0.1) is 5.82 Å². The number of carbonyl (C=O) groups excluding carboxylic acids is 1. The van der Waals surface area contributed by atoms with Crippen LogP contribution in [0.25, 0.3) is 0 Å². The van der Waals surface area contributed by atoms with E-state index in [9.17, 15) is 9.18 Å². The van der Waals surface area contributed by atoms with Gasteiger partial charge < -0.3 is 10.6 Å². The van der Waals surface area contributed by atoms with Gasteiger partial charge in [-0.15, -0.1) is 0 Å². The van der Waals surface area contributed by atoms with Crippen LogP contribution in [0.15, 0.2) is 24.3 Å². The summed E-state index contributed by atoms with van der Waals surface area (Å²) in [4.78, 5) is 14.2. The first-order valence-corrected chi connectivity index (χ1v) is 6.93. The normalized spacial score (nSPS) is 18.4. The lowest BCUT2D eigenvalue weighted by Crippen LogP contribution is -2.45. The van der Waals surface area contributed by atoms with Crippen molar-refractivity contribution in [3.63, 3.8) is 0 Å². The Morgan fingerprint density at radius 3 is 2.42 bits per heavy atom. The van der Waals surface area contributed by atoms with Crippen LogP contribution < -0.4 is 5.73 Å². The number of benzene rings is 1. The van der Waals surface area contributed by atoms with Gasteiger partial charge in [0.05, 0.1) is 6.04 Å². The summed E-state index contributed by atoms with van der Waals surface area (Å²) in [5, 5.41) is 0. The Bertz CT molecular complexity index is 426. The van der Waals surface area contributed by atoms with Crippen molar-refractivity contribution in [2.75, 3.05) is 13.1 Å². The van der Waals surface area contributed by atoms with E-state index < -0.39 is 6.04 Å². The highest BCUT2D eigenvalue weighted by Crippen LogP contribution is 2.24. The van der Waals surface area contributed by atoms with Crippen molar-refractivity contribution in [2.45, 2.75) is 38.1 Å². The van der Waals surface area contributed by atoms with Gasteiger partial charge in [-0.1, -0.05) is 19.1 Å². The Morgan fingerprint density at radius 2 is 1.89 bits per heavy atom. The zero-order chi connectivity index (χ0) is 13.8. The molecule has 0 aliphatic carbocycles. The molecule has 1 saturated heterocycles. The minimum atomic E-state index is -0.534. The maximum atomic E-state index is 13.0. The van der Waals surface area contributed by atoms with Gasteiger partial charge in [0, 0.05) is 19.0 Å². The molecule has 1 heterocycles. The molecule has 0 saturated carbocycles. The Balaban J connectivity index is 2.11. The van der Waals surface area contributed by atoms with Crippen LogP contribution in [0.2, 0.25) is 0 Å². The summed E-state index contributed by atoms with van der Waals surface area (Å²) in [6.07, 6.45) is 2.89. The molecule has 3 nitrogen and oxygen atoms in total. The number of amides is 1. The van der Waals surface area contributed by atoms with Crippen molar-refractivity contribution in [1.82, 2.24) is 4.90 Å². The third kappa shape index (κ3) is 3.13. The van der Waals surface area contributed by atoms with E-state index in [4.69, 9.17) is 5.73 Å². The minimum Gasteiger partial charge on any atom is -0.341 e. The first kappa shape index (κ1) is 14.0. The summed E-state index contributed by atoms with van der Waals surface area (Å²) >= 11 is 0. The highest BCUT2D eigenvalue weighted by Gasteiger charge is 2.29. The molecular weight excluding hydrogens is 243 g/mol. The van der Waals surface area contributed by atoms with Crippen molar-refractivity contribution in [3.05, 3.63) is 35.6 Å². The van der Waals surface area contributed by atoms with Gasteiger partial charge >= 0.3 is 0 Å². The number of carbonyl (C=O) groups is 1. The predicted octanol–water partition coefficient (Wildman–Crippen LogP) is 2.27. The molecule has 4 heteroatoms. The van der Waals surface area contributed by atoms with Crippen LogP contribution in [0.3, 0.4) is 0 Å². The maximum absolute atomic E-state index is 13.0. The van der Waals surface area contributed by atoms with Crippen molar-refractivity contribution in [3.8, 4) is 0 Å². The Labute approximate surface area is 113 Å². The van der Waals surface area contributed by atoms with E-state index in [0.717, 1.165) is 37.9 Å². The number of likely N-dealkylation sites (tertiary alicyclic amines) is 1. The highest BCUT2D eigenvalue weighted by molar-refractivity contribution is 5.83. The van der Waals surface area contributed by atoms with E-state index in [1.165, 1.54) is 12.1 Å². The van der Waals surface area contributed by atoms with Crippen molar-refractivity contribution in [2.24, 2.45) is 5.73 Å². The van der Waals surface area contributed by atoms with E-state index >= 15 is 0 Å². The molecule has 1 aliphatic heterocycles. The zero-order valence-electron chi connectivity index (χ0n) is 11.3. The van der Waals surface area contributed by atoms with Gasteiger partial charge in [0.1, 0.15) is 5.82 Å². The van der Waals surface area contributed by atoms with Gasteiger partial charge in [-0.2, -0.15) is 0 Å². The van der Waals surface area contributed by atoms with Gasteiger partial charge in [0.25, 0.3) is 0 Å². The molecule has 1 aromatic carbocycles. The fourth-order valence-electron chi connectivity index (χ4n) is 2.73. The lowest BCUT2D eigenvalue weighted by molar-refractivity contribution is -0.132. The quantitative estimate of drug-likeness (QED) is 0.906. The van der Waals surface area contributed by atoms with Gasteiger partial charge in [-0.3, -0.25) is 4.79 Å². The number of hydrogen-bond donors (Lipinski definition) is 1. The molecule has 0 bridgehead atoms. The second-order valence-electron chi connectivity index (χ2n) is 5.12. The molecule has 2 rings (SSSR count). The van der Waals surface area contributed by atoms with E-state index in [0.29, 0.717) is 0 Å². The van der Waals surface area contributed by atoms with Crippen LogP contribution in [0.1, 0.15) is 37.7 Å². The third-order valence-corrected chi connectivity index (χ3v) is 3.87. The molecular formula is C15H21FN2O. The average Bonchev–Trinajstić information content (AvgIpc) is 2.94. The number of nitrogens with two attached hydrogens (primary N) is 1. The molecule has 0 aromatic heterocycles. The molecule has 1 aromatic rings. The second kappa shape index (κ2) is 6.15. The fourth-order valence-corrected chi connectivity index (χ4v) is 2.73. The Kier molecular flexibility index (Phi) is 4.53. The van der Waals surface area contributed by atoms with Crippen LogP contribution in [0.5, 0.6) is 0 Å². The van der Waals surface area contributed by atoms with Gasteiger partial charge in [-0.25, -0.2) is 4.39 Å². The van der Waals surface area contributed by atoms with Crippen LogP contribution in [-0.4, -0.2) is 29.9 Å². The molecule has 2 N–H and O–H groups in total. The molecule has 2 atom stereocenters. The minimum absolute atomic E-state index is 0.0219. The number of hydrogen-bond acceptors (Lipinski definition) is 2. The lowest BCUT2D eigenvalue weighted by Gasteiger charge is -2.26. The zero-order valence-corrected chi connectivity index (χ0v) is 11.3. The van der Waals surface area contributed by atoms with E-state index in [1.54, 1.807) is 12.1 Å².